The number of aromatic nitrogens is 4. The SMILES string of the molecule is COc1ncccc1CNCCn1ccnn1. The number of rotatable bonds is 6. The molecule has 6 heteroatoms. The number of methoxy groups -OCH3 is 1. The Bertz CT molecular complexity index is 443. The molecule has 0 saturated carbocycles. The van der Waals surface area contributed by atoms with E-state index < -0.39 is 0 Å². The minimum atomic E-state index is 0.667. The highest BCUT2D eigenvalue weighted by Crippen LogP contribution is 2.12. The van der Waals surface area contributed by atoms with Gasteiger partial charge in [0.1, 0.15) is 0 Å². The molecule has 2 aromatic heterocycles. The van der Waals surface area contributed by atoms with Crippen LogP contribution in [-0.2, 0) is 13.1 Å². The summed E-state index contributed by atoms with van der Waals surface area (Å²) in [5, 5.41) is 10.9. The second-order valence-electron chi connectivity index (χ2n) is 3.51. The van der Waals surface area contributed by atoms with E-state index in [2.05, 4.69) is 20.6 Å². The normalized spacial score (nSPS) is 10.4. The van der Waals surface area contributed by atoms with Gasteiger partial charge in [0.25, 0.3) is 0 Å². The number of pyridine rings is 1. The Morgan fingerprint density at radius 1 is 1.41 bits per heavy atom. The molecule has 1 N–H and O–H groups in total. The van der Waals surface area contributed by atoms with Gasteiger partial charge in [0.2, 0.25) is 5.88 Å². The van der Waals surface area contributed by atoms with Crippen LogP contribution in [0.4, 0.5) is 0 Å². The summed E-state index contributed by atoms with van der Waals surface area (Å²) in [6, 6.07) is 3.89. The molecule has 2 heterocycles. The van der Waals surface area contributed by atoms with Crippen LogP contribution in [-0.4, -0.2) is 33.6 Å². The molecule has 0 aromatic carbocycles. The van der Waals surface area contributed by atoms with Gasteiger partial charge in [-0.25, -0.2) is 4.98 Å². The molecule has 0 unspecified atom stereocenters. The van der Waals surface area contributed by atoms with E-state index in [-0.39, 0.29) is 0 Å². The Morgan fingerprint density at radius 3 is 3.12 bits per heavy atom. The van der Waals surface area contributed by atoms with Crippen molar-refractivity contribution in [1.82, 2.24) is 25.3 Å². The van der Waals surface area contributed by atoms with Crippen LogP contribution in [0.25, 0.3) is 0 Å². The molecule has 6 nitrogen and oxygen atoms in total. The van der Waals surface area contributed by atoms with E-state index in [0.717, 1.165) is 25.2 Å². The van der Waals surface area contributed by atoms with Gasteiger partial charge in [0, 0.05) is 31.0 Å². The van der Waals surface area contributed by atoms with Gasteiger partial charge in [-0.15, -0.1) is 5.10 Å². The lowest BCUT2D eigenvalue weighted by atomic mass is 10.2. The second-order valence-corrected chi connectivity index (χ2v) is 3.51. The topological polar surface area (TPSA) is 64.9 Å². The van der Waals surface area contributed by atoms with Crippen LogP contribution >= 0.6 is 0 Å². The van der Waals surface area contributed by atoms with E-state index in [9.17, 15) is 0 Å². The molecule has 0 amide bonds. The number of nitrogens with one attached hydrogen (secondary N) is 1. The third kappa shape index (κ3) is 3.25. The monoisotopic (exact) mass is 233 g/mol. The van der Waals surface area contributed by atoms with Crippen molar-refractivity contribution in [2.45, 2.75) is 13.1 Å². The number of ether oxygens (including phenoxy) is 1. The zero-order chi connectivity index (χ0) is 11.9. The molecule has 17 heavy (non-hydrogen) atoms. The lowest BCUT2D eigenvalue weighted by Gasteiger charge is -2.08. The molecule has 0 saturated heterocycles. The fourth-order valence-electron chi connectivity index (χ4n) is 1.51. The molecule has 0 radical (unpaired) electrons. The Morgan fingerprint density at radius 2 is 2.35 bits per heavy atom. The molecule has 0 aliphatic heterocycles. The van der Waals surface area contributed by atoms with Crippen molar-refractivity contribution in [2.24, 2.45) is 0 Å². The first-order valence-electron chi connectivity index (χ1n) is 5.43. The van der Waals surface area contributed by atoms with Gasteiger partial charge in [-0.05, 0) is 6.07 Å². The third-order valence-corrected chi connectivity index (χ3v) is 2.35. The summed E-state index contributed by atoms with van der Waals surface area (Å²) in [5.41, 5.74) is 1.05. The van der Waals surface area contributed by atoms with E-state index in [0.29, 0.717) is 5.88 Å². The van der Waals surface area contributed by atoms with Gasteiger partial charge in [-0.1, -0.05) is 11.3 Å². The summed E-state index contributed by atoms with van der Waals surface area (Å²) >= 11 is 0. The molecule has 2 aromatic rings. The minimum absolute atomic E-state index is 0.667. The number of hydrogen-bond acceptors (Lipinski definition) is 5. The first kappa shape index (κ1) is 11.5. The van der Waals surface area contributed by atoms with Crippen LogP contribution in [0.2, 0.25) is 0 Å². The first-order chi connectivity index (χ1) is 8.40. The van der Waals surface area contributed by atoms with Crippen LogP contribution in [0.5, 0.6) is 5.88 Å². The standard InChI is InChI=1S/C11H15N5O/c1-17-11-10(3-2-4-13-11)9-12-5-7-16-8-6-14-15-16/h2-4,6,8,12H,5,7,9H2,1H3. The highest BCUT2D eigenvalue weighted by molar-refractivity contribution is 5.24. The van der Waals surface area contributed by atoms with Crippen LogP contribution in [0.1, 0.15) is 5.56 Å². The quantitative estimate of drug-likeness (QED) is 0.735. The summed E-state index contributed by atoms with van der Waals surface area (Å²) in [6.45, 7) is 2.34. The van der Waals surface area contributed by atoms with Gasteiger partial charge in [-0.3, -0.25) is 4.68 Å². The molecular weight excluding hydrogens is 218 g/mol. The van der Waals surface area contributed by atoms with Crippen molar-refractivity contribution in [2.75, 3.05) is 13.7 Å². The maximum Gasteiger partial charge on any atom is 0.217 e. The summed E-state index contributed by atoms with van der Waals surface area (Å²) < 4.78 is 6.95. The van der Waals surface area contributed by atoms with Crippen molar-refractivity contribution < 1.29 is 4.74 Å². The molecule has 0 atom stereocenters. The van der Waals surface area contributed by atoms with Gasteiger partial charge in [-0.2, -0.15) is 0 Å². The van der Waals surface area contributed by atoms with Crippen molar-refractivity contribution >= 4 is 0 Å². The largest absolute Gasteiger partial charge is 0.481 e. The Hall–Kier alpha value is -1.95. The zero-order valence-corrected chi connectivity index (χ0v) is 9.71. The van der Waals surface area contributed by atoms with Gasteiger partial charge < -0.3 is 10.1 Å². The molecule has 0 fully saturated rings. The second kappa shape index (κ2) is 5.95. The predicted molar refractivity (Wildman–Crippen MR) is 62.5 cm³/mol. The zero-order valence-electron chi connectivity index (χ0n) is 9.71. The summed E-state index contributed by atoms with van der Waals surface area (Å²) in [6.07, 6.45) is 5.23. The predicted octanol–water partition coefficient (Wildman–Crippen LogP) is 0.471. The van der Waals surface area contributed by atoms with Crippen molar-refractivity contribution in [1.29, 1.82) is 0 Å². The van der Waals surface area contributed by atoms with Crippen LogP contribution < -0.4 is 10.1 Å². The highest BCUT2D eigenvalue weighted by Gasteiger charge is 2.01. The first-order valence-corrected chi connectivity index (χ1v) is 5.43. The van der Waals surface area contributed by atoms with Crippen LogP contribution in [0.15, 0.2) is 30.7 Å². The molecule has 0 bridgehead atoms. The molecule has 2 rings (SSSR count). The highest BCUT2D eigenvalue weighted by atomic mass is 16.5. The van der Waals surface area contributed by atoms with Crippen molar-refractivity contribution in [3.63, 3.8) is 0 Å². The number of hydrogen-bond donors (Lipinski definition) is 1. The fraction of sp³-hybridized carbons (Fsp3) is 0.364. The van der Waals surface area contributed by atoms with E-state index in [1.165, 1.54) is 0 Å². The lowest BCUT2D eigenvalue weighted by Crippen LogP contribution is -2.20. The average Bonchev–Trinajstić information content (AvgIpc) is 2.88. The van der Waals surface area contributed by atoms with Crippen LogP contribution in [0, 0.1) is 0 Å². The van der Waals surface area contributed by atoms with Gasteiger partial charge >= 0.3 is 0 Å². The lowest BCUT2D eigenvalue weighted by molar-refractivity contribution is 0.390. The van der Waals surface area contributed by atoms with E-state index in [4.69, 9.17) is 4.74 Å². The van der Waals surface area contributed by atoms with Gasteiger partial charge in [0.15, 0.2) is 0 Å². The average molecular weight is 233 g/mol. The Balaban J connectivity index is 1.78. The minimum Gasteiger partial charge on any atom is -0.481 e. The maximum atomic E-state index is 5.17. The maximum absolute atomic E-state index is 5.17. The van der Waals surface area contributed by atoms with Crippen molar-refractivity contribution in [3.8, 4) is 5.88 Å². The molecule has 0 spiro atoms. The Labute approximate surface area is 99.6 Å². The molecule has 90 valence electrons. The summed E-state index contributed by atoms with van der Waals surface area (Å²) in [5.74, 6) is 0.667. The summed E-state index contributed by atoms with van der Waals surface area (Å²) in [4.78, 5) is 4.14. The fourth-order valence-corrected chi connectivity index (χ4v) is 1.51. The third-order valence-electron chi connectivity index (χ3n) is 2.35. The van der Waals surface area contributed by atoms with Crippen LogP contribution in [0.3, 0.4) is 0 Å². The Kier molecular flexibility index (Phi) is 4.04. The van der Waals surface area contributed by atoms with Crippen molar-refractivity contribution in [3.05, 3.63) is 36.3 Å². The van der Waals surface area contributed by atoms with E-state index in [1.54, 1.807) is 24.2 Å². The molecule has 0 aliphatic rings. The molecular formula is C11H15N5O. The van der Waals surface area contributed by atoms with Gasteiger partial charge in [0.05, 0.1) is 19.9 Å². The van der Waals surface area contributed by atoms with E-state index >= 15 is 0 Å². The van der Waals surface area contributed by atoms with E-state index in [1.807, 2.05) is 18.3 Å². The number of nitrogens with zero attached hydrogens (tertiary/aromatic N) is 4. The summed E-state index contributed by atoms with van der Waals surface area (Å²) in [7, 11) is 1.63. The molecule has 0 aliphatic carbocycles. The smallest absolute Gasteiger partial charge is 0.217 e.